The van der Waals surface area contributed by atoms with E-state index < -0.39 is 0 Å². The van der Waals surface area contributed by atoms with E-state index in [1.807, 2.05) is 11.0 Å². The second-order valence-corrected chi connectivity index (χ2v) is 8.47. The number of aryl methyl sites for hydroxylation is 1. The SMILES string of the molecule is COc1ccc2c(c1)CCOC21CCN(C(=O)c2nc(N)nc3c2CCCC3)CC1. The van der Waals surface area contributed by atoms with Gasteiger partial charge in [0.1, 0.15) is 11.4 Å². The van der Waals surface area contributed by atoms with Crippen LogP contribution in [0.4, 0.5) is 5.95 Å². The van der Waals surface area contributed by atoms with Crippen LogP contribution in [0, 0.1) is 0 Å². The minimum absolute atomic E-state index is 0.0251. The molecule has 1 aliphatic carbocycles. The van der Waals surface area contributed by atoms with E-state index >= 15 is 0 Å². The van der Waals surface area contributed by atoms with Gasteiger partial charge < -0.3 is 20.1 Å². The number of nitrogen functional groups attached to an aromatic ring is 1. The molecule has 1 fully saturated rings. The van der Waals surface area contributed by atoms with Crippen LogP contribution in [0.5, 0.6) is 5.75 Å². The number of anilines is 1. The molecule has 2 aromatic rings. The van der Waals surface area contributed by atoms with Gasteiger partial charge in [-0.3, -0.25) is 4.79 Å². The summed E-state index contributed by atoms with van der Waals surface area (Å²) in [6.07, 6.45) is 6.33. The average Bonchev–Trinajstić information content (AvgIpc) is 2.78. The summed E-state index contributed by atoms with van der Waals surface area (Å²) in [7, 11) is 1.69. The maximum Gasteiger partial charge on any atom is 0.272 e. The van der Waals surface area contributed by atoms with Crippen molar-refractivity contribution in [2.45, 2.75) is 50.5 Å². The fraction of sp³-hybridized carbons (Fsp3) is 0.522. The Hall–Kier alpha value is -2.67. The Bertz CT molecular complexity index is 983. The lowest BCUT2D eigenvalue weighted by Gasteiger charge is -2.45. The summed E-state index contributed by atoms with van der Waals surface area (Å²) >= 11 is 0. The first-order valence-corrected chi connectivity index (χ1v) is 10.9. The zero-order valence-corrected chi connectivity index (χ0v) is 17.4. The van der Waals surface area contributed by atoms with E-state index in [-0.39, 0.29) is 17.5 Å². The maximum atomic E-state index is 13.3. The van der Waals surface area contributed by atoms with E-state index in [4.69, 9.17) is 15.2 Å². The highest BCUT2D eigenvalue weighted by molar-refractivity contribution is 5.94. The van der Waals surface area contributed by atoms with E-state index in [1.165, 1.54) is 11.1 Å². The number of fused-ring (bicyclic) bond motifs is 3. The quantitative estimate of drug-likeness (QED) is 0.822. The summed E-state index contributed by atoms with van der Waals surface area (Å²) in [6.45, 7) is 1.98. The number of amides is 1. The molecule has 1 aromatic carbocycles. The van der Waals surface area contributed by atoms with Crippen molar-refractivity contribution < 1.29 is 14.3 Å². The fourth-order valence-electron chi connectivity index (χ4n) is 5.21. The topological polar surface area (TPSA) is 90.6 Å². The molecule has 30 heavy (non-hydrogen) atoms. The van der Waals surface area contributed by atoms with Crippen molar-refractivity contribution in [1.82, 2.24) is 14.9 Å². The molecule has 1 amide bonds. The summed E-state index contributed by atoms with van der Waals surface area (Å²) in [6, 6.07) is 6.25. The molecular weight excluding hydrogens is 380 g/mol. The van der Waals surface area contributed by atoms with E-state index in [0.717, 1.165) is 62.0 Å². The number of ether oxygens (including phenoxy) is 2. The van der Waals surface area contributed by atoms with Crippen LogP contribution in [0.1, 0.15) is 58.6 Å². The standard InChI is InChI=1S/C23H28N4O3/c1-29-16-6-7-18-15(14-16)8-13-30-23(18)9-11-27(12-10-23)21(28)20-17-4-2-3-5-19(17)25-22(24)26-20/h6-7,14H,2-5,8-13H2,1H3,(H2,24,25,26). The number of carbonyl (C=O) groups is 1. The first kappa shape index (κ1) is 19.3. The molecule has 2 aliphatic heterocycles. The Morgan fingerprint density at radius 3 is 2.77 bits per heavy atom. The maximum absolute atomic E-state index is 13.3. The molecule has 0 bridgehead atoms. The first-order valence-electron chi connectivity index (χ1n) is 10.9. The van der Waals surface area contributed by atoms with Gasteiger partial charge in [0.15, 0.2) is 0 Å². The lowest BCUT2D eigenvalue weighted by Crippen LogP contribution is -2.48. The molecule has 0 radical (unpaired) electrons. The number of benzene rings is 1. The van der Waals surface area contributed by atoms with Crippen LogP contribution >= 0.6 is 0 Å². The molecule has 1 aromatic heterocycles. The summed E-state index contributed by atoms with van der Waals surface area (Å²) in [4.78, 5) is 24.0. The first-order chi connectivity index (χ1) is 14.6. The number of hydrogen-bond acceptors (Lipinski definition) is 6. The summed E-state index contributed by atoms with van der Waals surface area (Å²) in [5.74, 6) is 1.05. The highest BCUT2D eigenvalue weighted by Gasteiger charge is 2.42. The smallest absolute Gasteiger partial charge is 0.272 e. The molecule has 0 saturated carbocycles. The number of likely N-dealkylation sites (tertiary alicyclic amines) is 1. The zero-order valence-electron chi connectivity index (χ0n) is 17.4. The van der Waals surface area contributed by atoms with Crippen molar-refractivity contribution in [2.24, 2.45) is 0 Å². The Balaban J connectivity index is 1.38. The molecule has 5 rings (SSSR count). The number of nitrogens with zero attached hydrogens (tertiary/aromatic N) is 3. The number of nitrogens with two attached hydrogens (primary N) is 1. The molecule has 7 heteroatoms. The average molecular weight is 409 g/mol. The van der Waals surface area contributed by atoms with Crippen LogP contribution in [-0.4, -0.2) is 47.6 Å². The van der Waals surface area contributed by atoms with Gasteiger partial charge in [-0.1, -0.05) is 6.07 Å². The molecule has 3 aliphatic rings. The minimum Gasteiger partial charge on any atom is -0.497 e. The summed E-state index contributed by atoms with van der Waals surface area (Å²) in [5, 5.41) is 0. The van der Waals surface area contributed by atoms with Crippen LogP contribution < -0.4 is 10.5 Å². The molecule has 1 spiro atoms. The highest BCUT2D eigenvalue weighted by Crippen LogP contribution is 2.42. The fourth-order valence-corrected chi connectivity index (χ4v) is 5.21. The van der Waals surface area contributed by atoms with Gasteiger partial charge in [-0.05, 0) is 68.2 Å². The largest absolute Gasteiger partial charge is 0.497 e. The molecular formula is C23H28N4O3. The van der Waals surface area contributed by atoms with Crippen molar-refractivity contribution in [1.29, 1.82) is 0 Å². The van der Waals surface area contributed by atoms with Crippen molar-refractivity contribution in [2.75, 3.05) is 32.5 Å². The second kappa shape index (κ2) is 7.54. The molecule has 3 heterocycles. The number of methoxy groups -OCH3 is 1. The van der Waals surface area contributed by atoms with Gasteiger partial charge in [-0.2, -0.15) is 0 Å². The number of rotatable bonds is 2. The van der Waals surface area contributed by atoms with Crippen LogP contribution in [0.3, 0.4) is 0 Å². The minimum atomic E-state index is -0.319. The molecule has 1 saturated heterocycles. The molecule has 0 unspecified atom stereocenters. The number of piperidine rings is 1. The predicted molar refractivity (Wildman–Crippen MR) is 113 cm³/mol. The molecule has 7 nitrogen and oxygen atoms in total. The Labute approximate surface area is 176 Å². The van der Waals surface area contributed by atoms with Gasteiger partial charge in [0, 0.05) is 24.3 Å². The Morgan fingerprint density at radius 2 is 1.97 bits per heavy atom. The van der Waals surface area contributed by atoms with Gasteiger partial charge in [-0.15, -0.1) is 0 Å². The normalized spacial score (nSPS) is 19.8. The van der Waals surface area contributed by atoms with Crippen LogP contribution in [-0.2, 0) is 29.6 Å². The van der Waals surface area contributed by atoms with E-state index in [0.29, 0.717) is 25.4 Å². The van der Waals surface area contributed by atoms with Gasteiger partial charge in [0.05, 0.1) is 19.3 Å². The van der Waals surface area contributed by atoms with Gasteiger partial charge in [0.2, 0.25) is 5.95 Å². The molecule has 0 atom stereocenters. The number of hydrogen-bond donors (Lipinski definition) is 1. The predicted octanol–water partition coefficient (Wildman–Crippen LogP) is 2.65. The van der Waals surface area contributed by atoms with Crippen LogP contribution in [0.25, 0.3) is 0 Å². The third kappa shape index (κ3) is 3.21. The highest BCUT2D eigenvalue weighted by atomic mass is 16.5. The van der Waals surface area contributed by atoms with E-state index in [9.17, 15) is 4.79 Å². The lowest BCUT2D eigenvalue weighted by atomic mass is 9.79. The Morgan fingerprint density at radius 1 is 1.17 bits per heavy atom. The van der Waals surface area contributed by atoms with E-state index in [2.05, 4.69) is 22.1 Å². The summed E-state index contributed by atoms with van der Waals surface area (Å²) in [5.41, 5.74) is 10.6. The van der Waals surface area contributed by atoms with Gasteiger partial charge >= 0.3 is 0 Å². The van der Waals surface area contributed by atoms with Gasteiger partial charge in [-0.25, -0.2) is 9.97 Å². The third-order valence-corrected chi connectivity index (χ3v) is 6.81. The third-order valence-electron chi connectivity index (χ3n) is 6.81. The van der Waals surface area contributed by atoms with E-state index in [1.54, 1.807) is 7.11 Å². The molecule has 2 N–H and O–H groups in total. The second-order valence-electron chi connectivity index (χ2n) is 8.47. The van der Waals surface area contributed by atoms with Crippen LogP contribution in [0.2, 0.25) is 0 Å². The van der Waals surface area contributed by atoms with Crippen LogP contribution in [0.15, 0.2) is 18.2 Å². The Kier molecular flexibility index (Phi) is 4.85. The van der Waals surface area contributed by atoms with Crippen molar-refractivity contribution in [3.8, 4) is 5.75 Å². The monoisotopic (exact) mass is 408 g/mol. The van der Waals surface area contributed by atoms with Gasteiger partial charge in [0.25, 0.3) is 5.91 Å². The van der Waals surface area contributed by atoms with Crippen molar-refractivity contribution >= 4 is 11.9 Å². The molecule has 158 valence electrons. The van der Waals surface area contributed by atoms with Crippen molar-refractivity contribution in [3.05, 3.63) is 46.3 Å². The number of carbonyl (C=O) groups excluding carboxylic acids is 1. The summed E-state index contributed by atoms with van der Waals surface area (Å²) < 4.78 is 11.7. The zero-order chi connectivity index (χ0) is 20.7. The number of aromatic nitrogens is 2. The lowest BCUT2D eigenvalue weighted by molar-refractivity contribution is -0.0935. The van der Waals surface area contributed by atoms with Crippen molar-refractivity contribution in [3.63, 3.8) is 0 Å².